The van der Waals surface area contributed by atoms with Crippen LogP contribution < -0.4 is 10.6 Å². The third-order valence-corrected chi connectivity index (χ3v) is 6.60. The molecule has 1 atom stereocenters. The number of benzene rings is 1. The van der Waals surface area contributed by atoms with Gasteiger partial charge in [-0.3, -0.25) is 14.5 Å². The van der Waals surface area contributed by atoms with Crippen molar-refractivity contribution in [1.29, 1.82) is 0 Å². The smallest absolute Gasteiger partial charge is 0.325 e. The van der Waals surface area contributed by atoms with Crippen LogP contribution in [0.1, 0.15) is 34.4 Å². The second-order valence-corrected chi connectivity index (χ2v) is 8.36. The van der Waals surface area contributed by atoms with E-state index in [1.165, 1.54) is 11.1 Å². The first kappa shape index (κ1) is 18.7. The number of nitrogens with zero attached hydrogens (tertiary/aromatic N) is 1. The summed E-state index contributed by atoms with van der Waals surface area (Å²) < 4.78 is 0. The summed E-state index contributed by atoms with van der Waals surface area (Å²) in [5.74, 6) is -0.638. The number of nitrogens with one attached hydrogen (secondary N) is 2. The number of hydrogen-bond donors (Lipinski definition) is 2. The normalized spacial score (nSPS) is 21.0. The van der Waals surface area contributed by atoms with Gasteiger partial charge in [-0.25, -0.2) is 4.79 Å². The first-order valence-electron chi connectivity index (χ1n) is 9.53. The van der Waals surface area contributed by atoms with Crippen LogP contribution in [0.2, 0.25) is 0 Å². The lowest BCUT2D eigenvalue weighted by molar-refractivity contribution is -0.135. The first-order valence-corrected chi connectivity index (χ1v) is 10.4. The van der Waals surface area contributed by atoms with Crippen LogP contribution in [0.3, 0.4) is 0 Å². The highest BCUT2D eigenvalue weighted by Crippen LogP contribution is 2.41. The van der Waals surface area contributed by atoms with Crippen LogP contribution in [0.25, 0.3) is 0 Å². The SMILES string of the molecule is Cc1ccccc1CCNC(=O)CN1C(=O)N[C@]2(CCCc3sccc32)C1=O. The number of hydrogen-bond acceptors (Lipinski definition) is 4. The van der Waals surface area contributed by atoms with Crippen molar-refractivity contribution < 1.29 is 14.4 Å². The average molecular weight is 398 g/mol. The minimum absolute atomic E-state index is 0.250. The summed E-state index contributed by atoms with van der Waals surface area (Å²) >= 11 is 1.61. The van der Waals surface area contributed by atoms with Crippen molar-refractivity contribution in [3.05, 3.63) is 57.3 Å². The molecule has 4 rings (SSSR count). The molecular formula is C21H23N3O3S. The molecule has 2 aromatic rings. The van der Waals surface area contributed by atoms with E-state index in [1.807, 2.05) is 42.6 Å². The summed E-state index contributed by atoms with van der Waals surface area (Å²) in [4.78, 5) is 40.1. The number of carbonyl (C=O) groups excluding carboxylic acids is 3. The minimum atomic E-state index is -0.994. The lowest BCUT2D eigenvalue weighted by Gasteiger charge is -2.31. The highest BCUT2D eigenvalue weighted by Gasteiger charge is 2.54. The third kappa shape index (κ3) is 3.20. The Bertz CT molecular complexity index is 938. The molecule has 28 heavy (non-hydrogen) atoms. The van der Waals surface area contributed by atoms with E-state index >= 15 is 0 Å². The number of fused-ring (bicyclic) bond motifs is 2. The van der Waals surface area contributed by atoms with E-state index in [4.69, 9.17) is 0 Å². The number of imide groups is 1. The molecule has 2 heterocycles. The molecule has 1 aromatic carbocycles. The lowest BCUT2D eigenvalue weighted by atomic mass is 9.80. The van der Waals surface area contributed by atoms with E-state index in [2.05, 4.69) is 10.6 Å². The van der Waals surface area contributed by atoms with Crippen molar-refractivity contribution in [2.24, 2.45) is 0 Å². The van der Waals surface area contributed by atoms with Crippen molar-refractivity contribution in [3.8, 4) is 0 Å². The van der Waals surface area contributed by atoms with E-state index in [1.54, 1.807) is 11.3 Å². The molecule has 7 heteroatoms. The molecule has 1 spiro atoms. The molecule has 1 aromatic heterocycles. The Morgan fingerprint density at radius 2 is 2.11 bits per heavy atom. The molecule has 0 bridgehead atoms. The predicted molar refractivity (Wildman–Crippen MR) is 107 cm³/mol. The molecule has 1 aliphatic heterocycles. The lowest BCUT2D eigenvalue weighted by Crippen LogP contribution is -2.46. The molecule has 0 unspecified atom stereocenters. The predicted octanol–water partition coefficient (Wildman–Crippen LogP) is 2.50. The third-order valence-electron chi connectivity index (χ3n) is 5.62. The summed E-state index contributed by atoms with van der Waals surface area (Å²) in [7, 11) is 0. The number of amides is 4. The summed E-state index contributed by atoms with van der Waals surface area (Å²) in [6.45, 7) is 2.25. The Morgan fingerprint density at radius 1 is 1.29 bits per heavy atom. The van der Waals surface area contributed by atoms with Crippen LogP contribution >= 0.6 is 11.3 Å². The van der Waals surface area contributed by atoms with Crippen LogP contribution in [0, 0.1) is 6.92 Å². The maximum Gasteiger partial charge on any atom is 0.325 e. The monoisotopic (exact) mass is 397 g/mol. The van der Waals surface area contributed by atoms with Gasteiger partial charge in [-0.2, -0.15) is 0 Å². The zero-order valence-electron chi connectivity index (χ0n) is 15.8. The molecule has 146 valence electrons. The van der Waals surface area contributed by atoms with Gasteiger partial charge in [0.25, 0.3) is 5.91 Å². The molecule has 2 N–H and O–H groups in total. The van der Waals surface area contributed by atoms with Crippen LogP contribution in [-0.2, 0) is 28.0 Å². The average Bonchev–Trinajstić information content (AvgIpc) is 3.24. The maximum absolute atomic E-state index is 13.1. The fourth-order valence-electron chi connectivity index (χ4n) is 4.11. The van der Waals surface area contributed by atoms with Crippen LogP contribution in [0.5, 0.6) is 0 Å². The quantitative estimate of drug-likeness (QED) is 0.761. The zero-order chi connectivity index (χ0) is 19.7. The summed E-state index contributed by atoms with van der Waals surface area (Å²) in [5.41, 5.74) is 2.25. The first-order chi connectivity index (χ1) is 13.5. The largest absolute Gasteiger partial charge is 0.354 e. The Hall–Kier alpha value is -2.67. The van der Waals surface area contributed by atoms with Gasteiger partial charge in [0.2, 0.25) is 5.91 Å². The second-order valence-electron chi connectivity index (χ2n) is 7.36. The topological polar surface area (TPSA) is 78.5 Å². The van der Waals surface area contributed by atoms with Gasteiger partial charge in [0.1, 0.15) is 12.1 Å². The van der Waals surface area contributed by atoms with Crippen molar-refractivity contribution in [2.75, 3.05) is 13.1 Å². The molecular weight excluding hydrogens is 374 g/mol. The van der Waals surface area contributed by atoms with Crippen molar-refractivity contribution in [2.45, 2.75) is 38.1 Å². The van der Waals surface area contributed by atoms with E-state index in [0.29, 0.717) is 19.4 Å². The fourth-order valence-corrected chi connectivity index (χ4v) is 5.11. The molecule has 0 saturated carbocycles. The van der Waals surface area contributed by atoms with Gasteiger partial charge in [0.05, 0.1) is 0 Å². The van der Waals surface area contributed by atoms with Gasteiger partial charge in [0, 0.05) is 17.0 Å². The Balaban J connectivity index is 1.39. The highest BCUT2D eigenvalue weighted by molar-refractivity contribution is 7.10. The highest BCUT2D eigenvalue weighted by atomic mass is 32.1. The van der Waals surface area contributed by atoms with Crippen molar-refractivity contribution in [1.82, 2.24) is 15.5 Å². The van der Waals surface area contributed by atoms with E-state index in [0.717, 1.165) is 28.2 Å². The standard InChI is InChI=1S/C21H23N3O3S/c1-14-5-2-3-6-15(14)8-11-22-18(25)13-24-19(26)21(23-20(24)27)10-4-7-17-16(21)9-12-28-17/h2-3,5-6,9,12H,4,7-8,10-11,13H2,1H3,(H,22,25)(H,23,27)/t21-/m0/s1. The summed E-state index contributed by atoms with van der Waals surface area (Å²) in [6, 6.07) is 9.45. The van der Waals surface area contributed by atoms with Gasteiger partial charge in [-0.05, 0) is 55.2 Å². The number of rotatable bonds is 5. The Morgan fingerprint density at radius 3 is 2.93 bits per heavy atom. The molecule has 0 radical (unpaired) electrons. The molecule has 1 aliphatic carbocycles. The van der Waals surface area contributed by atoms with Gasteiger partial charge in [0.15, 0.2) is 0 Å². The molecule has 4 amide bonds. The number of thiophene rings is 1. The second kappa shape index (κ2) is 7.39. The van der Waals surface area contributed by atoms with Crippen molar-refractivity contribution >= 4 is 29.2 Å². The van der Waals surface area contributed by atoms with E-state index in [9.17, 15) is 14.4 Å². The molecule has 2 aliphatic rings. The van der Waals surface area contributed by atoms with Crippen LogP contribution in [0.4, 0.5) is 4.79 Å². The van der Waals surface area contributed by atoms with Crippen molar-refractivity contribution in [3.63, 3.8) is 0 Å². The Kier molecular flexibility index (Phi) is 4.93. The minimum Gasteiger partial charge on any atom is -0.354 e. The number of urea groups is 1. The fraction of sp³-hybridized carbons (Fsp3) is 0.381. The van der Waals surface area contributed by atoms with E-state index < -0.39 is 11.6 Å². The van der Waals surface area contributed by atoms with Crippen LogP contribution in [-0.4, -0.2) is 35.8 Å². The number of carbonyl (C=O) groups is 3. The Labute approximate surface area is 167 Å². The van der Waals surface area contributed by atoms with E-state index in [-0.39, 0.29) is 18.4 Å². The zero-order valence-corrected chi connectivity index (χ0v) is 16.6. The maximum atomic E-state index is 13.1. The van der Waals surface area contributed by atoms with Crippen LogP contribution in [0.15, 0.2) is 35.7 Å². The summed E-state index contributed by atoms with van der Waals surface area (Å²) in [5, 5.41) is 7.65. The molecule has 6 nitrogen and oxygen atoms in total. The number of aryl methyl sites for hydroxylation is 2. The summed E-state index contributed by atoms with van der Waals surface area (Å²) in [6.07, 6.45) is 3.06. The van der Waals surface area contributed by atoms with Gasteiger partial charge in [-0.1, -0.05) is 24.3 Å². The van der Waals surface area contributed by atoms with Gasteiger partial charge >= 0.3 is 6.03 Å². The molecule has 1 fully saturated rings. The molecule has 1 saturated heterocycles. The van der Waals surface area contributed by atoms with Gasteiger partial charge in [-0.15, -0.1) is 11.3 Å². The van der Waals surface area contributed by atoms with Gasteiger partial charge < -0.3 is 10.6 Å².